The highest BCUT2D eigenvalue weighted by Crippen LogP contribution is 2.26. The number of nitrogens with zero attached hydrogens (tertiary/aromatic N) is 1. The molecule has 1 heterocycles. The Balaban J connectivity index is 2.25. The molecule has 0 radical (unpaired) electrons. The fraction of sp³-hybridized carbons (Fsp3) is 0.312. The van der Waals surface area contributed by atoms with Crippen molar-refractivity contribution in [2.45, 2.75) is 19.9 Å². The maximum atomic E-state index is 6.24. The molecule has 106 valence electrons. The van der Waals surface area contributed by atoms with Crippen LogP contribution in [-0.4, -0.2) is 18.6 Å². The van der Waals surface area contributed by atoms with Crippen molar-refractivity contribution in [2.24, 2.45) is 0 Å². The van der Waals surface area contributed by atoms with Gasteiger partial charge in [0.15, 0.2) is 0 Å². The van der Waals surface area contributed by atoms with Crippen LogP contribution >= 0.6 is 11.6 Å². The topological polar surface area (TPSA) is 34.2 Å². The van der Waals surface area contributed by atoms with E-state index in [0.29, 0.717) is 5.88 Å². The van der Waals surface area contributed by atoms with E-state index < -0.39 is 0 Å². The summed E-state index contributed by atoms with van der Waals surface area (Å²) < 4.78 is 5.16. The summed E-state index contributed by atoms with van der Waals surface area (Å²) in [7, 11) is 1.62. The molecular weight excluding hydrogens is 272 g/mol. The molecule has 2 aromatic rings. The Morgan fingerprint density at radius 1 is 1.20 bits per heavy atom. The third-order valence-electron chi connectivity index (χ3n) is 3.07. The number of ether oxygens (including phenoxy) is 1. The Kier molecular flexibility index (Phi) is 5.39. The zero-order chi connectivity index (χ0) is 14.4. The maximum Gasteiger partial charge on any atom is 0.213 e. The molecule has 0 unspecified atom stereocenters. The van der Waals surface area contributed by atoms with Gasteiger partial charge in [-0.15, -0.1) is 0 Å². The fourth-order valence-corrected chi connectivity index (χ4v) is 2.17. The first-order chi connectivity index (χ1) is 9.74. The molecule has 0 aliphatic heterocycles. The van der Waals surface area contributed by atoms with Crippen LogP contribution in [0.25, 0.3) is 11.1 Å². The van der Waals surface area contributed by atoms with E-state index in [0.717, 1.165) is 41.2 Å². The van der Waals surface area contributed by atoms with Crippen LogP contribution in [0.2, 0.25) is 5.02 Å². The predicted octanol–water partition coefficient (Wildman–Crippen LogP) is 3.91. The Labute approximate surface area is 124 Å². The van der Waals surface area contributed by atoms with Crippen molar-refractivity contribution in [1.82, 2.24) is 10.3 Å². The average Bonchev–Trinajstić information content (AvgIpc) is 2.49. The highest BCUT2D eigenvalue weighted by molar-refractivity contribution is 6.31. The molecule has 0 aliphatic rings. The third kappa shape index (κ3) is 3.71. The summed E-state index contributed by atoms with van der Waals surface area (Å²) in [6.07, 6.45) is 2.86. The number of hydrogen-bond acceptors (Lipinski definition) is 3. The first kappa shape index (κ1) is 14.8. The Bertz CT molecular complexity index is 572. The summed E-state index contributed by atoms with van der Waals surface area (Å²) in [4.78, 5) is 4.12. The van der Waals surface area contributed by atoms with Gasteiger partial charge in [-0.25, -0.2) is 4.98 Å². The number of aromatic nitrogens is 1. The molecule has 0 bridgehead atoms. The van der Waals surface area contributed by atoms with Crippen LogP contribution in [-0.2, 0) is 6.54 Å². The van der Waals surface area contributed by atoms with E-state index in [9.17, 15) is 0 Å². The largest absolute Gasteiger partial charge is 0.481 e. The van der Waals surface area contributed by atoms with Gasteiger partial charge in [-0.2, -0.15) is 0 Å². The number of benzene rings is 1. The van der Waals surface area contributed by atoms with Crippen molar-refractivity contribution in [3.05, 3.63) is 47.1 Å². The third-order valence-corrected chi connectivity index (χ3v) is 3.43. The minimum Gasteiger partial charge on any atom is -0.481 e. The molecule has 2 rings (SSSR count). The Morgan fingerprint density at radius 2 is 2.00 bits per heavy atom. The minimum absolute atomic E-state index is 0.614. The second-order valence-corrected chi connectivity index (χ2v) is 4.98. The normalized spacial score (nSPS) is 10.6. The van der Waals surface area contributed by atoms with Gasteiger partial charge in [0.2, 0.25) is 5.88 Å². The number of halogens is 1. The molecule has 4 heteroatoms. The monoisotopic (exact) mass is 290 g/mol. The molecule has 1 aromatic carbocycles. The van der Waals surface area contributed by atoms with Crippen LogP contribution in [0, 0.1) is 0 Å². The average molecular weight is 291 g/mol. The number of hydrogen-bond donors (Lipinski definition) is 1. The molecule has 20 heavy (non-hydrogen) atoms. The van der Waals surface area contributed by atoms with Gasteiger partial charge in [0.25, 0.3) is 0 Å². The zero-order valence-electron chi connectivity index (χ0n) is 11.8. The van der Waals surface area contributed by atoms with E-state index in [1.54, 1.807) is 13.3 Å². The second-order valence-electron chi connectivity index (χ2n) is 4.57. The first-order valence-electron chi connectivity index (χ1n) is 6.74. The number of rotatable bonds is 6. The van der Waals surface area contributed by atoms with Crippen molar-refractivity contribution in [3.63, 3.8) is 0 Å². The van der Waals surface area contributed by atoms with Crippen LogP contribution in [0.15, 0.2) is 36.5 Å². The molecule has 0 aliphatic carbocycles. The van der Waals surface area contributed by atoms with E-state index in [1.807, 2.05) is 24.3 Å². The number of pyridine rings is 1. The Morgan fingerprint density at radius 3 is 2.75 bits per heavy atom. The van der Waals surface area contributed by atoms with Gasteiger partial charge in [-0.05, 0) is 47.9 Å². The van der Waals surface area contributed by atoms with E-state index in [1.165, 1.54) is 0 Å². The summed E-state index contributed by atoms with van der Waals surface area (Å²) in [6, 6.07) is 9.95. The van der Waals surface area contributed by atoms with E-state index >= 15 is 0 Å². The molecule has 0 spiro atoms. The van der Waals surface area contributed by atoms with Gasteiger partial charge >= 0.3 is 0 Å². The van der Waals surface area contributed by atoms with Crippen molar-refractivity contribution in [1.29, 1.82) is 0 Å². The Hall–Kier alpha value is -1.58. The first-order valence-corrected chi connectivity index (χ1v) is 7.12. The van der Waals surface area contributed by atoms with Crippen molar-refractivity contribution < 1.29 is 4.74 Å². The molecule has 0 atom stereocenters. The van der Waals surface area contributed by atoms with Crippen molar-refractivity contribution in [2.75, 3.05) is 13.7 Å². The molecule has 3 nitrogen and oxygen atoms in total. The lowest BCUT2D eigenvalue weighted by atomic mass is 10.0. The smallest absolute Gasteiger partial charge is 0.213 e. The lowest BCUT2D eigenvalue weighted by molar-refractivity contribution is 0.398. The summed E-state index contributed by atoms with van der Waals surface area (Å²) in [5, 5.41) is 4.16. The highest BCUT2D eigenvalue weighted by Gasteiger charge is 2.05. The van der Waals surface area contributed by atoms with E-state index in [4.69, 9.17) is 16.3 Å². The number of nitrogens with one attached hydrogen (secondary N) is 1. The minimum atomic E-state index is 0.614. The van der Waals surface area contributed by atoms with Crippen LogP contribution in [0.1, 0.15) is 18.9 Å². The van der Waals surface area contributed by atoms with Crippen LogP contribution in [0.4, 0.5) is 0 Å². The van der Waals surface area contributed by atoms with Gasteiger partial charge in [0, 0.05) is 23.8 Å². The quantitative estimate of drug-likeness (QED) is 0.819. The lowest BCUT2D eigenvalue weighted by Crippen LogP contribution is -2.14. The molecule has 0 amide bonds. The molecule has 1 N–H and O–H groups in total. The zero-order valence-corrected chi connectivity index (χ0v) is 12.6. The number of methoxy groups -OCH3 is 1. The summed E-state index contributed by atoms with van der Waals surface area (Å²) in [5.41, 5.74) is 3.29. The van der Waals surface area contributed by atoms with Gasteiger partial charge in [-0.3, -0.25) is 0 Å². The second kappa shape index (κ2) is 7.27. The highest BCUT2D eigenvalue weighted by atomic mass is 35.5. The van der Waals surface area contributed by atoms with Gasteiger partial charge in [0.05, 0.1) is 7.11 Å². The summed E-state index contributed by atoms with van der Waals surface area (Å²) in [6.45, 7) is 3.92. The fourth-order valence-electron chi connectivity index (χ4n) is 1.99. The SMILES string of the molecule is CCCNCc1cc(-c2ccnc(OC)c2)ccc1Cl. The molecule has 1 aromatic heterocycles. The van der Waals surface area contributed by atoms with E-state index in [-0.39, 0.29) is 0 Å². The van der Waals surface area contributed by atoms with Crippen molar-refractivity contribution >= 4 is 11.6 Å². The van der Waals surface area contributed by atoms with Gasteiger partial charge < -0.3 is 10.1 Å². The molecule has 0 saturated heterocycles. The van der Waals surface area contributed by atoms with Crippen molar-refractivity contribution in [3.8, 4) is 17.0 Å². The van der Waals surface area contributed by atoms with E-state index in [2.05, 4.69) is 23.3 Å². The van der Waals surface area contributed by atoms with Gasteiger partial charge in [-0.1, -0.05) is 24.6 Å². The standard InChI is InChI=1S/C16H19ClN2O/c1-3-7-18-11-14-9-12(4-5-15(14)17)13-6-8-19-16(10-13)20-2/h4-6,8-10,18H,3,7,11H2,1-2H3. The lowest BCUT2D eigenvalue weighted by Gasteiger charge is -2.09. The van der Waals surface area contributed by atoms with Crippen LogP contribution in [0.5, 0.6) is 5.88 Å². The molecular formula is C16H19ClN2O. The van der Waals surface area contributed by atoms with Crippen LogP contribution < -0.4 is 10.1 Å². The molecule has 0 saturated carbocycles. The van der Waals surface area contributed by atoms with Crippen LogP contribution in [0.3, 0.4) is 0 Å². The maximum absolute atomic E-state index is 6.24. The van der Waals surface area contributed by atoms with Gasteiger partial charge in [0.1, 0.15) is 0 Å². The predicted molar refractivity (Wildman–Crippen MR) is 83.2 cm³/mol. The summed E-state index contributed by atoms with van der Waals surface area (Å²) in [5.74, 6) is 0.614. The molecule has 0 fully saturated rings. The summed E-state index contributed by atoms with van der Waals surface area (Å²) >= 11 is 6.24.